The zero-order valence-electron chi connectivity index (χ0n) is 10.5. The Kier molecular flexibility index (Phi) is 3.93. The smallest absolute Gasteiger partial charge is 0.327 e. The fourth-order valence-corrected chi connectivity index (χ4v) is 1.86. The first-order chi connectivity index (χ1) is 7.45. The lowest BCUT2D eigenvalue weighted by Gasteiger charge is -2.17. The van der Waals surface area contributed by atoms with E-state index in [1.54, 1.807) is 6.92 Å². The van der Waals surface area contributed by atoms with Gasteiger partial charge in [-0.3, -0.25) is 0 Å². The van der Waals surface area contributed by atoms with E-state index in [0.29, 0.717) is 0 Å². The molecule has 0 aliphatic carbocycles. The molecule has 0 spiro atoms. The maximum atomic E-state index is 11.3. The Labute approximate surface area is 96.8 Å². The van der Waals surface area contributed by atoms with Crippen molar-refractivity contribution in [2.24, 2.45) is 0 Å². The average molecular weight is 221 g/mol. The Balaban J connectivity index is 2.93. The summed E-state index contributed by atoms with van der Waals surface area (Å²) in [6.07, 6.45) is 0. The van der Waals surface area contributed by atoms with Gasteiger partial charge in [0.2, 0.25) is 0 Å². The van der Waals surface area contributed by atoms with E-state index < -0.39 is 0 Å². The van der Waals surface area contributed by atoms with Gasteiger partial charge in [-0.1, -0.05) is 17.7 Å². The maximum Gasteiger partial charge on any atom is 0.327 e. The second kappa shape index (κ2) is 5.01. The van der Waals surface area contributed by atoms with E-state index >= 15 is 0 Å². The standard InChI is InChI=1S/C13H19NO2/c1-8-6-9(2)12(10(3)7-8)14-11(4)13(15)16-5/h6-7,11,14H,1-5H3/t11-/m1/s1. The lowest BCUT2D eigenvalue weighted by molar-refractivity contribution is -0.141. The first-order valence-electron chi connectivity index (χ1n) is 5.38. The number of benzene rings is 1. The highest BCUT2D eigenvalue weighted by Crippen LogP contribution is 2.22. The number of rotatable bonds is 3. The Hall–Kier alpha value is -1.51. The van der Waals surface area contributed by atoms with Crippen molar-refractivity contribution in [2.45, 2.75) is 33.7 Å². The molecule has 88 valence electrons. The lowest BCUT2D eigenvalue weighted by Crippen LogP contribution is -2.27. The highest BCUT2D eigenvalue weighted by Gasteiger charge is 2.14. The van der Waals surface area contributed by atoms with Crippen LogP contribution in [0.3, 0.4) is 0 Å². The van der Waals surface area contributed by atoms with Crippen LogP contribution in [-0.4, -0.2) is 19.1 Å². The molecule has 0 fully saturated rings. The number of esters is 1. The van der Waals surface area contributed by atoms with Gasteiger partial charge in [0.05, 0.1) is 7.11 Å². The monoisotopic (exact) mass is 221 g/mol. The van der Waals surface area contributed by atoms with Crippen LogP contribution < -0.4 is 5.32 Å². The Morgan fingerprint density at radius 1 is 1.25 bits per heavy atom. The van der Waals surface area contributed by atoms with Crippen molar-refractivity contribution in [2.75, 3.05) is 12.4 Å². The summed E-state index contributed by atoms with van der Waals surface area (Å²) in [4.78, 5) is 11.3. The fraction of sp³-hybridized carbons (Fsp3) is 0.462. The third-order valence-electron chi connectivity index (χ3n) is 2.59. The van der Waals surface area contributed by atoms with E-state index in [9.17, 15) is 4.79 Å². The van der Waals surface area contributed by atoms with Crippen molar-refractivity contribution in [3.63, 3.8) is 0 Å². The van der Waals surface area contributed by atoms with Gasteiger partial charge in [0, 0.05) is 5.69 Å². The molecule has 0 radical (unpaired) electrons. The van der Waals surface area contributed by atoms with Gasteiger partial charge in [-0.15, -0.1) is 0 Å². The van der Waals surface area contributed by atoms with Gasteiger partial charge < -0.3 is 10.1 Å². The summed E-state index contributed by atoms with van der Waals surface area (Å²) in [5, 5.41) is 3.18. The van der Waals surface area contributed by atoms with Crippen molar-refractivity contribution in [1.82, 2.24) is 0 Å². The van der Waals surface area contributed by atoms with Crippen LogP contribution in [0.15, 0.2) is 12.1 Å². The number of ether oxygens (including phenoxy) is 1. The van der Waals surface area contributed by atoms with Crippen LogP contribution in [0.2, 0.25) is 0 Å². The summed E-state index contributed by atoms with van der Waals surface area (Å²) in [7, 11) is 1.40. The van der Waals surface area contributed by atoms with E-state index in [0.717, 1.165) is 16.8 Å². The number of anilines is 1. The van der Waals surface area contributed by atoms with E-state index in [2.05, 4.69) is 29.1 Å². The summed E-state index contributed by atoms with van der Waals surface area (Å²) in [5.41, 5.74) is 4.54. The number of aryl methyl sites for hydroxylation is 3. The molecular formula is C13H19NO2. The normalized spacial score (nSPS) is 12.1. The highest BCUT2D eigenvalue weighted by atomic mass is 16.5. The predicted molar refractivity (Wildman–Crippen MR) is 65.8 cm³/mol. The molecule has 1 atom stereocenters. The third-order valence-corrected chi connectivity index (χ3v) is 2.59. The van der Waals surface area contributed by atoms with Crippen LogP contribution in [0.5, 0.6) is 0 Å². The zero-order valence-corrected chi connectivity index (χ0v) is 10.5. The zero-order chi connectivity index (χ0) is 12.3. The Bertz CT molecular complexity index is 376. The largest absolute Gasteiger partial charge is 0.467 e. The second-order valence-corrected chi connectivity index (χ2v) is 4.16. The SMILES string of the molecule is COC(=O)[C@@H](C)Nc1c(C)cc(C)cc1C. The number of carbonyl (C=O) groups excluding carboxylic acids is 1. The molecule has 1 rings (SSSR count). The molecule has 0 aliphatic rings. The molecule has 0 saturated heterocycles. The molecule has 1 aromatic rings. The summed E-state index contributed by atoms with van der Waals surface area (Å²) < 4.78 is 4.69. The van der Waals surface area contributed by atoms with Crippen LogP contribution in [-0.2, 0) is 9.53 Å². The highest BCUT2D eigenvalue weighted by molar-refractivity contribution is 5.79. The van der Waals surface area contributed by atoms with Gasteiger partial charge in [-0.25, -0.2) is 4.79 Å². The quantitative estimate of drug-likeness (QED) is 0.797. The molecule has 0 amide bonds. The van der Waals surface area contributed by atoms with Gasteiger partial charge in [0.1, 0.15) is 6.04 Å². The van der Waals surface area contributed by atoms with Crippen molar-refractivity contribution < 1.29 is 9.53 Å². The number of nitrogens with one attached hydrogen (secondary N) is 1. The minimum absolute atomic E-state index is 0.251. The number of carbonyl (C=O) groups is 1. The van der Waals surface area contributed by atoms with Crippen LogP contribution >= 0.6 is 0 Å². The van der Waals surface area contributed by atoms with Crippen LogP contribution in [0.1, 0.15) is 23.6 Å². The van der Waals surface area contributed by atoms with Gasteiger partial charge in [-0.2, -0.15) is 0 Å². The Morgan fingerprint density at radius 3 is 2.19 bits per heavy atom. The number of methoxy groups -OCH3 is 1. The molecule has 0 bridgehead atoms. The van der Waals surface area contributed by atoms with Crippen LogP contribution in [0.25, 0.3) is 0 Å². The first-order valence-corrected chi connectivity index (χ1v) is 5.38. The second-order valence-electron chi connectivity index (χ2n) is 4.16. The van der Waals surface area contributed by atoms with E-state index in [1.807, 2.05) is 13.8 Å². The van der Waals surface area contributed by atoms with E-state index in [4.69, 9.17) is 0 Å². The first kappa shape index (κ1) is 12.6. The maximum absolute atomic E-state index is 11.3. The van der Waals surface area contributed by atoms with Gasteiger partial charge in [0.25, 0.3) is 0 Å². The third kappa shape index (κ3) is 2.75. The van der Waals surface area contributed by atoms with Gasteiger partial charge in [-0.05, 0) is 38.8 Å². The molecule has 0 unspecified atom stereocenters. The number of hydrogen-bond acceptors (Lipinski definition) is 3. The van der Waals surface area contributed by atoms with Crippen LogP contribution in [0.4, 0.5) is 5.69 Å². The van der Waals surface area contributed by atoms with E-state index in [1.165, 1.54) is 12.7 Å². The molecule has 1 aromatic carbocycles. The lowest BCUT2D eigenvalue weighted by atomic mass is 10.0. The van der Waals surface area contributed by atoms with Crippen molar-refractivity contribution in [1.29, 1.82) is 0 Å². The minimum Gasteiger partial charge on any atom is -0.467 e. The summed E-state index contributed by atoms with van der Waals surface area (Å²) in [5.74, 6) is -0.251. The number of hydrogen-bond donors (Lipinski definition) is 1. The summed E-state index contributed by atoms with van der Waals surface area (Å²) in [6, 6.07) is 3.86. The van der Waals surface area contributed by atoms with Gasteiger partial charge in [0.15, 0.2) is 0 Å². The predicted octanol–water partition coefficient (Wildman–Crippen LogP) is 2.59. The molecular weight excluding hydrogens is 202 g/mol. The van der Waals surface area contributed by atoms with E-state index in [-0.39, 0.29) is 12.0 Å². The fourth-order valence-electron chi connectivity index (χ4n) is 1.86. The van der Waals surface area contributed by atoms with Crippen molar-refractivity contribution in [3.8, 4) is 0 Å². The molecule has 16 heavy (non-hydrogen) atoms. The molecule has 0 aromatic heterocycles. The molecule has 0 saturated carbocycles. The minimum atomic E-state index is -0.329. The molecule has 1 N–H and O–H groups in total. The van der Waals surface area contributed by atoms with Gasteiger partial charge >= 0.3 is 5.97 Å². The summed E-state index contributed by atoms with van der Waals surface area (Å²) >= 11 is 0. The average Bonchev–Trinajstić information content (AvgIpc) is 2.21. The van der Waals surface area contributed by atoms with Crippen molar-refractivity contribution in [3.05, 3.63) is 28.8 Å². The molecule has 3 nitrogen and oxygen atoms in total. The molecule has 3 heteroatoms. The molecule has 0 heterocycles. The van der Waals surface area contributed by atoms with Crippen LogP contribution in [0, 0.1) is 20.8 Å². The summed E-state index contributed by atoms with van der Waals surface area (Å²) in [6.45, 7) is 7.93. The van der Waals surface area contributed by atoms with Crippen molar-refractivity contribution >= 4 is 11.7 Å². The topological polar surface area (TPSA) is 38.3 Å². The Morgan fingerprint density at radius 2 is 1.75 bits per heavy atom. The molecule has 0 aliphatic heterocycles.